The molecule has 4 heteroatoms. The summed E-state index contributed by atoms with van der Waals surface area (Å²) in [6, 6.07) is 0. The Balaban J connectivity index is 3.40. The van der Waals surface area contributed by atoms with Gasteiger partial charge in [0.15, 0.2) is 12.4 Å². The van der Waals surface area contributed by atoms with E-state index in [1.807, 2.05) is 6.92 Å². The molecule has 84 valence electrons. The molecule has 0 aliphatic carbocycles. The van der Waals surface area contributed by atoms with Crippen LogP contribution in [0, 0.1) is 11.8 Å². The highest BCUT2D eigenvalue weighted by Crippen LogP contribution is 1.83. The van der Waals surface area contributed by atoms with Crippen molar-refractivity contribution in [2.24, 2.45) is 0 Å². The van der Waals surface area contributed by atoms with Crippen LogP contribution in [0.5, 0.6) is 0 Å². The van der Waals surface area contributed by atoms with Gasteiger partial charge in [0.2, 0.25) is 0 Å². The van der Waals surface area contributed by atoms with Gasteiger partial charge < -0.3 is 9.47 Å². The first-order valence-corrected chi connectivity index (χ1v) is 4.85. The van der Waals surface area contributed by atoms with Gasteiger partial charge >= 0.3 is 5.97 Å². The van der Waals surface area contributed by atoms with E-state index in [0.717, 1.165) is 12.8 Å². The second-order valence-corrected chi connectivity index (χ2v) is 2.92. The number of ketones is 1. The van der Waals surface area contributed by atoms with E-state index in [9.17, 15) is 9.59 Å². The van der Waals surface area contributed by atoms with Crippen LogP contribution in [0.4, 0.5) is 0 Å². The van der Waals surface area contributed by atoms with Crippen LogP contribution in [0.25, 0.3) is 0 Å². The predicted molar refractivity (Wildman–Crippen MR) is 55.1 cm³/mol. The van der Waals surface area contributed by atoms with Crippen LogP contribution in [0.1, 0.15) is 26.7 Å². The van der Waals surface area contributed by atoms with Crippen molar-refractivity contribution in [3.8, 4) is 11.8 Å². The van der Waals surface area contributed by atoms with Crippen molar-refractivity contribution in [1.29, 1.82) is 0 Å². The Bertz CT molecular complexity index is 259. The van der Waals surface area contributed by atoms with Crippen molar-refractivity contribution >= 4 is 11.8 Å². The van der Waals surface area contributed by atoms with Gasteiger partial charge in [0.25, 0.3) is 0 Å². The lowest BCUT2D eigenvalue weighted by molar-refractivity contribution is -0.146. The normalized spacial score (nSPS) is 8.93. The van der Waals surface area contributed by atoms with Crippen molar-refractivity contribution in [2.75, 3.05) is 19.8 Å². The van der Waals surface area contributed by atoms with Gasteiger partial charge in [-0.15, -0.1) is 5.92 Å². The summed E-state index contributed by atoms with van der Waals surface area (Å²) in [5.74, 6) is 4.93. The van der Waals surface area contributed by atoms with E-state index in [0.29, 0.717) is 0 Å². The van der Waals surface area contributed by atoms with Crippen molar-refractivity contribution in [3.05, 3.63) is 0 Å². The van der Waals surface area contributed by atoms with Crippen molar-refractivity contribution in [3.63, 3.8) is 0 Å². The smallest absolute Gasteiger partial charge is 0.303 e. The van der Waals surface area contributed by atoms with Crippen LogP contribution in [0.2, 0.25) is 0 Å². The Hall–Kier alpha value is -1.34. The minimum absolute atomic E-state index is 0.0614. The number of Topliss-reactive ketones (excluding diaryl/α,β-unsaturated/α-hetero) is 1. The first-order chi connectivity index (χ1) is 7.16. The number of ether oxygens (including phenoxy) is 2. The van der Waals surface area contributed by atoms with Crippen LogP contribution in [-0.2, 0) is 19.1 Å². The Morgan fingerprint density at radius 1 is 1.20 bits per heavy atom. The quantitative estimate of drug-likeness (QED) is 0.373. The Morgan fingerprint density at radius 2 is 1.93 bits per heavy atom. The molecule has 0 aromatic heterocycles. The topological polar surface area (TPSA) is 52.6 Å². The highest BCUT2D eigenvalue weighted by Gasteiger charge is 2.03. The zero-order valence-corrected chi connectivity index (χ0v) is 9.17. The number of unbranched alkanes of at least 4 members (excludes halogenated alkanes) is 1. The summed E-state index contributed by atoms with van der Waals surface area (Å²) in [4.78, 5) is 21.3. The van der Waals surface area contributed by atoms with Crippen LogP contribution >= 0.6 is 0 Å². The maximum atomic E-state index is 11.0. The van der Waals surface area contributed by atoms with E-state index in [1.165, 1.54) is 6.92 Å². The molecular weight excluding hydrogens is 196 g/mol. The summed E-state index contributed by atoms with van der Waals surface area (Å²) >= 11 is 0. The summed E-state index contributed by atoms with van der Waals surface area (Å²) < 4.78 is 9.45. The molecular formula is C11H16O4. The van der Waals surface area contributed by atoms with Crippen LogP contribution in [0.15, 0.2) is 0 Å². The predicted octanol–water partition coefficient (Wildman–Crippen LogP) is 0.939. The Morgan fingerprint density at radius 3 is 2.53 bits per heavy atom. The third-order valence-electron chi connectivity index (χ3n) is 1.37. The molecule has 0 atom stereocenters. The molecule has 0 aromatic rings. The average Bonchev–Trinajstić information content (AvgIpc) is 2.20. The molecule has 0 aliphatic rings. The number of rotatable bonds is 6. The van der Waals surface area contributed by atoms with Crippen molar-refractivity contribution in [2.45, 2.75) is 26.7 Å². The number of carbonyl (C=O) groups excluding carboxylic acids is 2. The van der Waals surface area contributed by atoms with E-state index in [4.69, 9.17) is 4.74 Å². The first kappa shape index (κ1) is 13.7. The van der Waals surface area contributed by atoms with Gasteiger partial charge in [-0.25, -0.2) is 0 Å². The summed E-state index contributed by atoms with van der Waals surface area (Å²) in [6.07, 6.45) is 1.85. The summed E-state index contributed by atoms with van der Waals surface area (Å²) in [5.41, 5.74) is 0. The Kier molecular flexibility index (Phi) is 8.40. The fraction of sp³-hybridized carbons (Fsp3) is 0.636. The maximum absolute atomic E-state index is 11.0. The first-order valence-electron chi connectivity index (χ1n) is 4.85. The number of hydrogen-bond donors (Lipinski definition) is 0. The van der Waals surface area contributed by atoms with Gasteiger partial charge in [0.05, 0.1) is 0 Å². The lowest BCUT2D eigenvalue weighted by Gasteiger charge is -2.00. The number of carbonyl (C=O) groups is 2. The highest BCUT2D eigenvalue weighted by molar-refractivity contribution is 5.82. The lowest BCUT2D eigenvalue weighted by Crippen LogP contribution is -2.17. The largest absolute Gasteiger partial charge is 0.458 e. The minimum Gasteiger partial charge on any atom is -0.458 e. The highest BCUT2D eigenvalue weighted by atomic mass is 16.5. The fourth-order valence-corrected chi connectivity index (χ4v) is 0.704. The third-order valence-corrected chi connectivity index (χ3v) is 1.37. The average molecular weight is 212 g/mol. The molecule has 0 rings (SSSR count). The van der Waals surface area contributed by atoms with E-state index in [2.05, 4.69) is 16.6 Å². The van der Waals surface area contributed by atoms with E-state index < -0.39 is 5.97 Å². The molecule has 0 unspecified atom stereocenters. The molecule has 0 bridgehead atoms. The van der Waals surface area contributed by atoms with Gasteiger partial charge in [0.1, 0.15) is 13.2 Å². The Labute approximate surface area is 89.9 Å². The fourth-order valence-electron chi connectivity index (χ4n) is 0.704. The van der Waals surface area contributed by atoms with E-state index in [-0.39, 0.29) is 25.6 Å². The van der Waals surface area contributed by atoms with E-state index >= 15 is 0 Å². The summed E-state index contributed by atoms with van der Waals surface area (Å²) in [5, 5.41) is 0. The van der Waals surface area contributed by atoms with Crippen LogP contribution in [-0.4, -0.2) is 31.6 Å². The molecule has 0 heterocycles. The standard InChI is InChI=1S/C11H16O4/c1-3-4-5-6-7-14-8-11(13)9-15-10(2)12/h3-4,7-9H2,1-2H3. The molecule has 0 amide bonds. The molecule has 0 aliphatic heterocycles. The number of hydrogen-bond acceptors (Lipinski definition) is 4. The molecule has 0 saturated heterocycles. The minimum atomic E-state index is -0.467. The molecule has 0 spiro atoms. The van der Waals surface area contributed by atoms with Gasteiger partial charge in [-0.3, -0.25) is 9.59 Å². The van der Waals surface area contributed by atoms with Crippen LogP contribution in [0.3, 0.4) is 0 Å². The van der Waals surface area contributed by atoms with Crippen molar-refractivity contribution in [1.82, 2.24) is 0 Å². The molecule has 4 nitrogen and oxygen atoms in total. The van der Waals surface area contributed by atoms with Gasteiger partial charge in [-0.05, 0) is 6.42 Å². The van der Waals surface area contributed by atoms with Crippen molar-refractivity contribution < 1.29 is 19.1 Å². The summed E-state index contributed by atoms with van der Waals surface area (Å²) in [6.45, 7) is 3.25. The monoisotopic (exact) mass is 212 g/mol. The molecule has 0 radical (unpaired) electrons. The third kappa shape index (κ3) is 10.6. The molecule has 0 aromatic carbocycles. The maximum Gasteiger partial charge on any atom is 0.303 e. The van der Waals surface area contributed by atoms with E-state index in [1.54, 1.807) is 0 Å². The molecule has 0 N–H and O–H groups in total. The summed E-state index contributed by atoms with van der Waals surface area (Å²) in [7, 11) is 0. The molecule has 0 saturated carbocycles. The van der Waals surface area contributed by atoms with Gasteiger partial charge in [-0.2, -0.15) is 0 Å². The molecule has 0 fully saturated rings. The van der Waals surface area contributed by atoms with Crippen LogP contribution < -0.4 is 0 Å². The zero-order valence-electron chi connectivity index (χ0n) is 9.17. The van der Waals surface area contributed by atoms with Gasteiger partial charge in [0, 0.05) is 13.3 Å². The lowest BCUT2D eigenvalue weighted by atomic mass is 10.3. The second-order valence-electron chi connectivity index (χ2n) is 2.92. The van der Waals surface area contributed by atoms with Gasteiger partial charge in [-0.1, -0.05) is 12.8 Å². The second kappa shape index (κ2) is 9.22. The number of esters is 1. The SMILES string of the molecule is CCCC#CCOCC(=O)COC(C)=O. The zero-order chi connectivity index (χ0) is 11.5. The molecule has 15 heavy (non-hydrogen) atoms.